The predicted molar refractivity (Wildman–Crippen MR) is 52.8 cm³/mol. The molecule has 13 heavy (non-hydrogen) atoms. The van der Waals surface area contributed by atoms with Gasteiger partial charge >= 0.3 is 0 Å². The fraction of sp³-hybridized carbons (Fsp3) is 1.00. The summed E-state index contributed by atoms with van der Waals surface area (Å²) in [5, 5.41) is 9.78. The molecule has 3 heteroatoms. The zero-order valence-electron chi connectivity index (χ0n) is 9.17. The summed E-state index contributed by atoms with van der Waals surface area (Å²) in [4.78, 5) is 0. The smallest absolute Gasteiger partial charge is 0.106 e. The van der Waals surface area contributed by atoms with Crippen LogP contribution >= 0.6 is 0 Å². The van der Waals surface area contributed by atoms with Gasteiger partial charge in [0.25, 0.3) is 0 Å². The van der Waals surface area contributed by atoms with Crippen LogP contribution in [0.4, 0.5) is 0 Å². The Bertz CT molecular complexity index is 127. The summed E-state index contributed by atoms with van der Waals surface area (Å²) in [6.07, 6.45) is 0.243. The van der Waals surface area contributed by atoms with Gasteiger partial charge in [-0.25, -0.2) is 0 Å². The van der Waals surface area contributed by atoms with Crippen LogP contribution in [0.3, 0.4) is 0 Å². The van der Waals surface area contributed by atoms with Gasteiger partial charge in [-0.15, -0.1) is 0 Å². The number of hydrogen-bond acceptors (Lipinski definition) is 3. The number of hydrogen-bond donors (Lipinski definition) is 1. The van der Waals surface area contributed by atoms with Crippen LogP contribution < -0.4 is 0 Å². The van der Waals surface area contributed by atoms with Crippen molar-refractivity contribution in [2.24, 2.45) is 0 Å². The molecule has 0 bridgehead atoms. The van der Waals surface area contributed by atoms with Gasteiger partial charge < -0.3 is 14.6 Å². The van der Waals surface area contributed by atoms with Crippen LogP contribution in [-0.2, 0) is 9.47 Å². The van der Waals surface area contributed by atoms with Gasteiger partial charge in [0.05, 0.1) is 12.2 Å². The lowest BCUT2D eigenvalue weighted by molar-refractivity contribution is -0.132. The molecule has 0 fully saturated rings. The molecule has 0 spiro atoms. The molecule has 2 atom stereocenters. The maximum absolute atomic E-state index is 9.78. The first-order valence-electron chi connectivity index (χ1n) is 5.00. The van der Waals surface area contributed by atoms with Crippen LogP contribution in [0.15, 0.2) is 0 Å². The Morgan fingerprint density at radius 2 is 1.85 bits per heavy atom. The van der Waals surface area contributed by atoms with Gasteiger partial charge in [0.1, 0.15) is 6.10 Å². The lowest BCUT2D eigenvalue weighted by Crippen LogP contribution is -2.44. The summed E-state index contributed by atoms with van der Waals surface area (Å²) in [6.45, 7) is 9.36. The summed E-state index contributed by atoms with van der Waals surface area (Å²) in [6, 6.07) is 0. The van der Waals surface area contributed by atoms with E-state index in [-0.39, 0.29) is 0 Å². The highest BCUT2D eigenvalue weighted by Crippen LogP contribution is 2.20. The molecule has 0 aliphatic heterocycles. The maximum atomic E-state index is 9.78. The lowest BCUT2D eigenvalue weighted by atomic mass is 9.96. The van der Waals surface area contributed by atoms with Crippen LogP contribution in [0.5, 0.6) is 0 Å². The highest BCUT2D eigenvalue weighted by molar-refractivity contribution is 4.82. The van der Waals surface area contributed by atoms with Crippen molar-refractivity contribution in [3.05, 3.63) is 0 Å². The second-order valence-corrected chi connectivity index (χ2v) is 3.27. The number of aliphatic hydroxyl groups excluding tert-OH is 1. The Morgan fingerprint density at radius 1 is 1.23 bits per heavy atom. The van der Waals surface area contributed by atoms with Crippen molar-refractivity contribution in [2.45, 2.75) is 45.8 Å². The molecule has 0 heterocycles. The summed E-state index contributed by atoms with van der Waals surface area (Å²) in [5.41, 5.74) is -0.468. The van der Waals surface area contributed by atoms with Gasteiger partial charge in [-0.3, -0.25) is 0 Å². The third-order valence-corrected chi connectivity index (χ3v) is 2.36. The van der Waals surface area contributed by atoms with E-state index in [1.165, 1.54) is 0 Å². The third-order valence-electron chi connectivity index (χ3n) is 2.36. The molecule has 0 aliphatic rings. The predicted octanol–water partition coefficient (Wildman–Crippen LogP) is 1.59. The Hall–Kier alpha value is -0.120. The Morgan fingerprint density at radius 3 is 2.23 bits per heavy atom. The van der Waals surface area contributed by atoms with E-state index in [2.05, 4.69) is 0 Å². The first-order chi connectivity index (χ1) is 6.10. The van der Waals surface area contributed by atoms with Crippen molar-refractivity contribution < 1.29 is 14.6 Å². The van der Waals surface area contributed by atoms with Gasteiger partial charge in [-0.05, 0) is 27.2 Å². The topological polar surface area (TPSA) is 38.7 Å². The molecule has 0 aromatic heterocycles. The van der Waals surface area contributed by atoms with Crippen molar-refractivity contribution in [1.29, 1.82) is 0 Å². The summed E-state index contributed by atoms with van der Waals surface area (Å²) in [5.74, 6) is 0. The van der Waals surface area contributed by atoms with Crippen molar-refractivity contribution in [3.8, 4) is 0 Å². The van der Waals surface area contributed by atoms with Crippen LogP contribution in [0.2, 0.25) is 0 Å². The van der Waals surface area contributed by atoms with Gasteiger partial charge in [0.2, 0.25) is 0 Å². The molecular formula is C10H22O3. The Labute approximate surface area is 81.0 Å². The Kier molecular flexibility index (Phi) is 6.29. The second-order valence-electron chi connectivity index (χ2n) is 3.27. The van der Waals surface area contributed by atoms with E-state index in [9.17, 15) is 5.11 Å². The molecule has 80 valence electrons. The first-order valence-corrected chi connectivity index (χ1v) is 5.00. The van der Waals surface area contributed by atoms with Crippen molar-refractivity contribution in [3.63, 3.8) is 0 Å². The monoisotopic (exact) mass is 190 g/mol. The highest BCUT2D eigenvalue weighted by atomic mass is 16.5. The van der Waals surface area contributed by atoms with Crippen LogP contribution in [0.25, 0.3) is 0 Å². The minimum atomic E-state index is -0.544. The van der Waals surface area contributed by atoms with Gasteiger partial charge in [0.15, 0.2) is 0 Å². The van der Waals surface area contributed by atoms with Gasteiger partial charge in [0, 0.05) is 13.2 Å². The fourth-order valence-corrected chi connectivity index (χ4v) is 1.17. The Balaban J connectivity index is 4.03. The third kappa shape index (κ3) is 4.07. The maximum Gasteiger partial charge on any atom is 0.106 e. The van der Waals surface area contributed by atoms with E-state index in [0.717, 1.165) is 6.42 Å². The van der Waals surface area contributed by atoms with E-state index in [4.69, 9.17) is 9.47 Å². The molecule has 0 rings (SSSR count). The highest BCUT2D eigenvalue weighted by Gasteiger charge is 2.31. The molecule has 0 radical (unpaired) electrons. The molecule has 0 aromatic carbocycles. The molecule has 0 saturated heterocycles. The van der Waals surface area contributed by atoms with E-state index < -0.39 is 11.7 Å². The summed E-state index contributed by atoms with van der Waals surface area (Å²) in [7, 11) is 0. The zero-order valence-corrected chi connectivity index (χ0v) is 9.17. The number of ether oxygens (including phenoxy) is 2. The molecule has 3 nitrogen and oxygen atoms in total. The SMILES string of the molecule is CCOCC(O)C(C)(CC)OCC. The van der Waals surface area contributed by atoms with Crippen molar-refractivity contribution in [2.75, 3.05) is 19.8 Å². The normalized spacial score (nSPS) is 18.2. The minimum absolute atomic E-state index is 0.348. The second kappa shape index (κ2) is 6.35. The van der Waals surface area contributed by atoms with E-state index >= 15 is 0 Å². The minimum Gasteiger partial charge on any atom is -0.388 e. The molecule has 1 N–H and O–H groups in total. The molecule has 2 unspecified atom stereocenters. The van der Waals surface area contributed by atoms with Gasteiger partial charge in [-0.2, -0.15) is 0 Å². The fourth-order valence-electron chi connectivity index (χ4n) is 1.17. The molecule has 0 saturated carbocycles. The number of rotatable bonds is 7. The van der Waals surface area contributed by atoms with Crippen LogP contribution in [-0.4, -0.2) is 36.6 Å². The van der Waals surface area contributed by atoms with E-state index in [1.54, 1.807) is 0 Å². The largest absolute Gasteiger partial charge is 0.388 e. The van der Waals surface area contributed by atoms with E-state index in [0.29, 0.717) is 19.8 Å². The van der Waals surface area contributed by atoms with Gasteiger partial charge in [-0.1, -0.05) is 6.92 Å². The summed E-state index contributed by atoms with van der Waals surface area (Å²) < 4.78 is 10.7. The van der Waals surface area contributed by atoms with E-state index in [1.807, 2.05) is 27.7 Å². The first kappa shape index (κ1) is 12.9. The quantitative estimate of drug-likeness (QED) is 0.662. The van der Waals surface area contributed by atoms with Crippen molar-refractivity contribution >= 4 is 0 Å². The number of aliphatic hydroxyl groups is 1. The summed E-state index contributed by atoms with van der Waals surface area (Å²) >= 11 is 0. The average Bonchev–Trinajstić information content (AvgIpc) is 2.14. The molecule has 0 amide bonds. The average molecular weight is 190 g/mol. The van der Waals surface area contributed by atoms with Crippen molar-refractivity contribution in [1.82, 2.24) is 0 Å². The lowest BCUT2D eigenvalue weighted by Gasteiger charge is -2.33. The van der Waals surface area contributed by atoms with Crippen LogP contribution in [0.1, 0.15) is 34.1 Å². The molecular weight excluding hydrogens is 168 g/mol. The molecule has 0 aromatic rings. The molecule has 0 aliphatic carbocycles. The standard InChI is InChI=1S/C10H22O3/c1-5-10(4,13-7-3)9(11)8-12-6-2/h9,11H,5-8H2,1-4H3. The van der Waals surface area contributed by atoms with Crippen LogP contribution in [0, 0.1) is 0 Å². The zero-order chi connectivity index (χ0) is 10.3.